The summed E-state index contributed by atoms with van der Waals surface area (Å²) in [5.74, 6) is -0.569. The van der Waals surface area contributed by atoms with Crippen LogP contribution in [0, 0.1) is 20.2 Å². The summed E-state index contributed by atoms with van der Waals surface area (Å²) in [6.07, 6.45) is 5.97. The molecule has 1 amide bonds. The van der Waals surface area contributed by atoms with Gasteiger partial charge in [-0.3, -0.25) is 25.0 Å². The summed E-state index contributed by atoms with van der Waals surface area (Å²) >= 11 is 0. The second-order valence-electron chi connectivity index (χ2n) is 3.59. The van der Waals surface area contributed by atoms with Crippen LogP contribution >= 0.6 is 0 Å². The quantitative estimate of drug-likeness (QED) is 0.384. The predicted octanol–water partition coefficient (Wildman–Crippen LogP) is 2.57. The zero-order valence-corrected chi connectivity index (χ0v) is 10.5. The van der Waals surface area contributed by atoms with Gasteiger partial charge in [0.2, 0.25) is 5.91 Å². The van der Waals surface area contributed by atoms with E-state index in [9.17, 15) is 25.0 Å². The SMILES string of the molecule is C/C=C/C=C/C(=O)Nc1ccc([N+](=O)[O-])cc1[N+](=O)[O-]. The molecular formula is C12H11N3O5. The lowest BCUT2D eigenvalue weighted by atomic mass is 10.2. The molecule has 8 nitrogen and oxygen atoms in total. The number of non-ortho nitro benzene ring substituents is 1. The Balaban J connectivity index is 3.03. The van der Waals surface area contributed by atoms with Crippen LogP contribution in [-0.4, -0.2) is 15.8 Å². The van der Waals surface area contributed by atoms with E-state index in [1.54, 1.807) is 19.1 Å². The first-order valence-corrected chi connectivity index (χ1v) is 5.49. The van der Waals surface area contributed by atoms with Crippen molar-refractivity contribution >= 4 is 23.0 Å². The van der Waals surface area contributed by atoms with E-state index in [1.165, 1.54) is 12.2 Å². The highest BCUT2D eigenvalue weighted by molar-refractivity contribution is 6.01. The molecule has 0 fully saturated rings. The molecule has 1 aromatic carbocycles. The van der Waals surface area contributed by atoms with Gasteiger partial charge in [-0.25, -0.2) is 0 Å². The zero-order valence-electron chi connectivity index (χ0n) is 10.5. The van der Waals surface area contributed by atoms with Crippen molar-refractivity contribution in [3.05, 3.63) is 62.7 Å². The number of nitro groups is 2. The molecule has 1 aromatic rings. The van der Waals surface area contributed by atoms with Crippen LogP contribution in [-0.2, 0) is 4.79 Å². The third-order valence-corrected chi connectivity index (χ3v) is 2.20. The maximum atomic E-state index is 11.5. The monoisotopic (exact) mass is 277 g/mol. The maximum Gasteiger partial charge on any atom is 0.299 e. The number of anilines is 1. The molecule has 1 N–H and O–H groups in total. The van der Waals surface area contributed by atoms with Gasteiger partial charge in [0.25, 0.3) is 11.4 Å². The number of hydrogen-bond donors (Lipinski definition) is 1. The minimum absolute atomic E-state index is 0.101. The average Bonchev–Trinajstić information content (AvgIpc) is 2.38. The molecule has 1 rings (SSSR count). The van der Waals surface area contributed by atoms with Crippen LogP contribution in [0.2, 0.25) is 0 Å². The van der Waals surface area contributed by atoms with Gasteiger partial charge < -0.3 is 5.32 Å². The second-order valence-corrected chi connectivity index (χ2v) is 3.59. The van der Waals surface area contributed by atoms with Crippen LogP contribution in [0.1, 0.15) is 6.92 Å². The first-order chi connectivity index (χ1) is 9.45. The number of carbonyl (C=O) groups excluding carboxylic acids is 1. The number of amides is 1. The Labute approximate surface area is 113 Å². The van der Waals surface area contributed by atoms with Crippen molar-refractivity contribution in [3.8, 4) is 0 Å². The Morgan fingerprint density at radius 3 is 2.45 bits per heavy atom. The molecular weight excluding hydrogens is 266 g/mol. The van der Waals surface area contributed by atoms with E-state index in [0.717, 1.165) is 18.2 Å². The van der Waals surface area contributed by atoms with Gasteiger partial charge in [-0.1, -0.05) is 18.2 Å². The van der Waals surface area contributed by atoms with E-state index < -0.39 is 27.1 Å². The van der Waals surface area contributed by atoms with E-state index in [4.69, 9.17) is 0 Å². The van der Waals surface area contributed by atoms with Gasteiger partial charge in [0.15, 0.2) is 0 Å². The molecule has 0 saturated carbocycles. The van der Waals surface area contributed by atoms with Crippen molar-refractivity contribution in [2.24, 2.45) is 0 Å². The minimum Gasteiger partial charge on any atom is -0.317 e. The first-order valence-electron chi connectivity index (χ1n) is 5.49. The van der Waals surface area contributed by atoms with E-state index in [2.05, 4.69) is 5.32 Å². The van der Waals surface area contributed by atoms with Crippen molar-refractivity contribution in [2.75, 3.05) is 5.32 Å². The van der Waals surface area contributed by atoms with E-state index in [0.29, 0.717) is 0 Å². The topological polar surface area (TPSA) is 115 Å². The fourth-order valence-electron chi connectivity index (χ4n) is 1.32. The molecule has 0 aliphatic rings. The summed E-state index contributed by atoms with van der Waals surface area (Å²) in [6.45, 7) is 1.77. The lowest BCUT2D eigenvalue weighted by molar-refractivity contribution is -0.393. The number of hydrogen-bond acceptors (Lipinski definition) is 5. The first kappa shape index (κ1) is 15.0. The highest BCUT2D eigenvalue weighted by atomic mass is 16.6. The lowest BCUT2D eigenvalue weighted by Gasteiger charge is -2.03. The van der Waals surface area contributed by atoms with Crippen molar-refractivity contribution in [2.45, 2.75) is 6.92 Å². The van der Waals surface area contributed by atoms with Gasteiger partial charge in [-0.05, 0) is 13.0 Å². The second kappa shape index (κ2) is 6.78. The molecule has 20 heavy (non-hydrogen) atoms. The predicted molar refractivity (Wildman–Crippen MR) is 72.3 cm³/mol. The number of rotatable bonds is 5. The van der Waals surface area contributed by atoms with Crippen LogP contribution in [0.3, 0.4) is 0 Å². The fraction of sp³-hybridized carbons (Fsp3) is 0.0833. The fourth-order valence-corrected chi connectivity index (χ4v) is 1.32. The Kier molecular flexibility index (Phi) is 5.10. The molecule has 0 aliphatic carbocycles. The van der Waals surface area contributed by atoms with Crippen LogP contribution < -0.4 is 5.32 Å². The molecule has 0 saturated heterocycles. The summed E-state index contributed by atoms with van der Waals surface area (Å²) in [6, 6.07) is 3.00. The molecule has 0 bridgehead atoms. The Morgan fingerprint density at radius 1 is 1.20 bits per heavy atom. The molecule has 0 aromatic heterocycles. The zero-order chi connectivity index (χ0) is 15.1. The van der Waals surface area contributed by atoms with E-state index in [1.807, 2.05) is 0 Å². The molecule has 8 heteroatoms. The number of nitrogens with zero attached hydrogens (tertiary/aromatic N) is 2. The van der Waals surface area contributed by atoms with E-state index in [-0.39, 0.29) is 5.69 Å². The maximum absolute atomic E-state index is 11.5. The summed E-state index contributed by atoms with van der Waals surface area (Å²) in [4.78, 5) is 31.4. The molecule has 0 spiro atoms. The van der Waals surface area contributed by atoms with Gasteiger partial charge >= 0.3 is 0 Å². The molecule has 0 heterocycles. The lowest BCUT2D eigenvalue weighted by Crippen LogP contribution is -2.09. The van der Waals surface area contributed by atoms with E-state index >= 15 is 0 Å². The molecule has 104 valence electrons. The highest BCUT2D eigenvalue weighted by Gasteiger charge is 2.20. The largest absolute Gasteiger partial charge is 0.317 e. The van der Waals surface area contributed by atoms with Crippen molar-refractivity contribution in [3.63, 3.8) is 0 Å². The Hall–Kier alpha value is -3.03. The van der Waals surface area contributed by atoms with Crippen LogP contribution in [0.5, 0.6) is 0 Å². The summed E-state index contributed by atoms with van der Waals surface area (Å²) in [5.41, 5.74) is -1.05. The normalized spacial score (nSPS) is 10.8. The van der Waals surface area contributed by atoms with Crippen LogP contribution in [0.4, 0.5) is 17.1 Å². The Bertz CT molecular complexity index is 607. The van der Waals surface area contributed by atoms with Crippen molar-refractivity contribution < 1.29 is 14.6 Å². The minimum atomic E-state index is -0.793. The third kappa shape index (κ3) is 4.02. The number of benzene rings is 1. The van der Waals surface area contributed by atoms with Gasteiger partial charge in [0.1, 0.15) is 5.69 Å². The summed E-state index contributed by atoms with van der Waals surface area (Å²) < 4.78 is 0. The molecule has 0 atom stereocenters. The van der Waals surface area contributed by atoms with Crippen LogP contribution in [0.25, 0.3) is 0 Å². The van der Waals surface area contributed by atoms with Gasteiger partial charge in [-0.15, -0.1) is 0 Å². The summed E-state index contributed by atoms with van der Waals surface area (Å²) in [7, 11) is 0. The Morgan fingerprint density at radius 2 is 1.90 bits per heavy atom. The summed E-state index contributed by atoms with van der Waals surface area (Å²) in [5, 5.41) is 23.7. The average molecular weight is 277 g/mol. The third-order valence-electron chi connectivity index (χ3n) is 2.20. The standard InChI is InChI=1S/C12H11N3O5/c1-2-3-4-5-12(16)13-10-7-6-9(14(17)18)8-11(10)15(19)20/h2-8H,1H3,(H,13,16)/b3-2+,5-4+. The number of nitrogens with one attached hydrogen (secondary N) is 1. The molecule has 0 unspecified atom stereocenters. The van der Waals surface area contributed by atoms with Gasteiger partial charge in [0.05, 0.1) is 15.9 Å². The highest BCUT2D eigenvalue weighted by Crippen LogP contribution is 2.28. The number of carbonyl (C=O) groups is 1. The number of allylic oxidation sites excluding steroid dienone is 3. The smallest absolute Gasteiger partial charge is 0.299 e. The van der Waals surface area contributed by atoms with Gasteiger partial charge in [0, 0.05) is 12.1 Å². The molecule has 0 radical (unpaired) electrons. The van der Waals surface area contributed by atoms with Crippen molar-refractivity contribution in [1.29, 1.82) is 0 Å². The van der Waals surface area contributed by atoms with Crippen molar-refractivity contribution in [1.82, 2.24) is 0 Å². The van der Waals surface area contributed by atoms with Gasteiger partial charge in [-0.2, -0.15) is 0 Å². The number of nitro benzene ring substituents is 2. The molecule has 0 aliphatic heterocycles. The van der Waals surface area contributed by atoms with Crippen LogP contribution in [0.15, 0.2) is 42.5 Å².